The van der Waals surface area contributed by atoms with Gasteiger partial charge in [-0.1, -0.05) is 12.6 Å². The van der Waals surface area contributed by atoms with E-state index < -0.39 is 17.2 Å². The minimum Gasteiger partial charge on any atom is -0.362 e. The van der Waals surface area contributed by atoms with Crippen LogP contribution < -0.4 is 5.32 Å². The van der Waals surface area contributed by atoms with Gasteiger partial charge in [0.1, 0.15) is 5.82 Å². The molecule has 2 aromatic carbocycles. The number of amides is 1. The van der Waals surface area contributed by atoms with Gasteiger partial charge >= 0.3 is 0 Å². The summed E-state index contributed by atoms with van der Waals surface area (Å²) in [5, 5.41) is 6.29. The third-order valence-corrected chi connectivity index (χ3v) is 6.09. The number of rotatable bonds is 2. The van der Waals surface area contributed by atoms with Crippen molar-refractivity contribution in [3.8, 4) is 11.1 Å². The molecule has 0 saturated carbocycles. The molecule has 1 aromatic heterocycles. The average Bonchev–Trinajstić information content (AvgIpc) is 3.10. The van der Waals surface area contributed by atoms with Gasteiger partial charge in [-0.05, 0) is 64.7 Å². The number of benzene rings is 2. The van der Waals surface area contributed by atoms with E-state index in [9.17, 15) is 13.6 Å². The van der Waals surface area contributed by atoms with Crippen molar-refractivity contribution in [1.82, 2.24) is 10.2 Å². The molecule has 6 heteroatoms. The van der Waals surface area contributed by atoms with E-state index in [1.165, 1.54) is 11.0 Å². The highest BCUT2D eigenvalue weighted by Gasteiger charge is 2.37. The maximum absolute atomic E-state index is 13.8. The lowest BCUT2D eigenvalue weighted by atomic mass is 9.84. The number of hydrogen-bond donors (Lipinski definition) is 1. The molecule has 0 unspecified atom stereocenters. The summed E-state index contributed by atoms with van der Waals surface area (Å²) in [6.07, 6.45) is 0.273. The van der Waals surface area contributed by atoms with Gasteiger partial charge in [0.05, 0.1) is 12.0 Å². The first-order chi connectivity index (χ1) is 12.8. The number of halogens is 2. The molecule has 0 spiro atoms. The van der Waals surface area contributed by atoms with Gasteiger partial charge in [-0.15, -0.1) is 11.3 Å². The van der Waals surface area contributed by atoms with E-state index in [0.717, 1.165) is 27.3 Å². The molecule has 1 atom stereocenters. The predicted molar refractivity (Wildman–Crippen MR) is 104 cm³/mol. The van der Waals surface area contributed by atoms with E-state index in [1.54, 1.807) is 24.5 Å². The summed E-state index contributed by atoms with van der Waals surface area (Å²) >= 11 is 1.55. The second-order valence-corrected chi connectivity index (χ2v) is 7.94. The van der Waals surface area contributed by atoms with Crippen molar-refractivity contribution >= 4 is 27.3 Å². The molecule has 4 rings (SSSR count). The van der Waals surface area contributed by atoms with Crippen molar-refractivity contribution in [3.63, 3.8) is 0 Å². The second-order valence-electron chi connectivity index (χ2n) is 7.02. The third-order valence-electron chi connectivity index (χ3n) is 5.12. The Kier molecular flexibility index (Phi) is 4.03. The standard InChI is InChI=1S/C21H18F2N2OS/c1-12-24-21(2,11-19(26)25(12)3)15-8-14-6-7-27-20(14)16(10-15)13-4-5-17(22)18(23)9-13/h4-10,24H,1,11H2,2-3H3/t21-/m0/s1. The zero-order valence-corrected chi connectivity index (χ0v) is 15.8. The predicted octanol–water partition coefficient (Wildman–Crippen LogP) is 4.98. The maximum atomic E-state index is 13.8. The summed E-state index contributed by atoms with van der Waals surface area (Å²) in [5.74, 6) is -1.24. The monoisotopic (exact) mass is 384 g/mol. The number of fused-ring (bicyclic) bond motifs is 1. The number of nitrogens with one attached hydrogen (secondary N) is 1. The van der Waals surface area contributed by atoms with Crippen LogP contribution in [-0.4, -0.2) is 17.9 Å². The third kappa shape index (κ3) is 2.90. The van der Waals surface area contributed by atoms with Crippen LogP contribution in [-0.2, 0) is 10.3 Å². The van der Waals surface area contributed by atoms with Gasteiger partial charge in [0.25, 0.3) is 0 Å². The molecule has 1 amide bonds. The number of carbonyl (C=O) groups is 1. The van der Waals surface area contributed by atoms with E-state index in [-0.39, 0.29) is 12.3 Å². The fourth-order valence-corrected chi connectivity index (χ4v) is 4.39. The van der Waals surface area contributed by atoms with Crippen LogP contribution in [0.5, 0.6) is 0 Å². The Balaban J connectivity index is 1.89. The van der Waals surface area contributed by atoms with Gasteiger partial charge in [0, 0.05) is 11.7 Å². The number of nitrogens with zero attached hydrogens (tertiary/aromatic N) is 1. The smallest absolute Gasteiger partial charge is 0.230 e. The first-order valence-electron chi connectivity index (χ1n) is 8.49. The molecule has 0 aliphatic carbocycles. The largest absolute Gasteiger partial charge is 0.362 e. The molecule has 3 aromatic rings. The molecule has 1 fully saturated rings. The van der Waals surface area contributed by atoms with Gasteiger partial charge in [-0.3, -0.25) is 4.79 Å². The van der Waals surface area contributed by atoms with Crippen LogP contribution in [0.3, 0.4) is 0 Å². The lowest BCUT2D eigenvalue weighted by Gasteiger charge is -2.41. The van der Waals surface area contributed by atoms with E-state index in [0.29, 0.717) is 11.4 Å². The highest BCUT2D eigenvalue weighted by molar-refractivity contribution is 7.17. The molecule has 1 N–H and O–H groups in total. The Hall–Kier alpha value is -2.73. The maximum Gasteiger partial charge on any atom is 0.230 e. The van der Waals surface area contributed by atoms with Crippen molar-refractivity contribution in [2.45, 2.75) is 18.9 Å². The Morgan fingerprint density at radius 1 is 1.19 bits per heavy atom. The Labute approximate surface area is 159 Å². The van der Waals surface area contributed by atoms with Crippen molar-refractivity contribution in [2.75, 3.05) is 7.05 Å². The van der Waals surface area contributed by atoms with Crippen LogP contribution in [0.4, 0.5) is 8.78 Å². The van der Waals surface area contributed by atoms with Gasteiger partial charge in [0.2, 0.25) is 5.91 Å². The number of hydrogen-bond acceptors (Lipinski definition) is 3. The molecule has 3 nitrogen and oxygen atoms in total. The van der Waals surface area contributed by atoms with Crippen LogP contribution in [0.2, 0.25) is 0 Å². The number of carbonyl (C=O) groups excluding carboxylic acids is 1. The van der Waals surface area contributed by atoms with Crippen LogP contribution >= 0.6 is 11.3 Å². The second kappa shape index (κ2) is 6.16. The molecule has 2 heterocycles. The van der Waals surface area contributed by atoms with Crippen LogP contribution in [0, 0.1) is 11.6 Å². The summed E-state index contributed by atoms with van der Waals surface area (Å²) in [5.41, 5.74) is 1.68. The summed E-state index contributed by atoms with van der Waals surface area (Å²) in [6, 6.07) is 9.89. The first-order valence-corrected chi connectivity index (χ1v) is 9.37. The summed E-state index contributed by atoms with van der Waals surface area (Å²) in [7, 11) is 1.69. The molecular formula is C21H18F2N2OS. The molecular weight excluding hydrogens is 366 g/mol. The van der Waals surface area contributed by atoms with E-state index in [2.05, 4.69) is 11.9 Å². The molecule has 27 heavy (non-hydrogen) atoms. The summed E-state index contributed by atoms with van der Waals surface area (Å²) in [4.78, 5) is 13.9. The molecule has 0 bridgehead atoms. The van der Waals surface area contributed by atoms with Crippen molar-refractivity contribution < 1.29 is 13.6 Å². The Bertz CT molecular complexity index is 1070. The first kappa shape index (κ1) is 17.7. The van der Waals surface area contributed by atoms with Crippen molar-refractivity contribution in [2.24, 2.45) is 0 Å². The van der Waals surface area contributed by atoms with Crippen molar-refractivity contribution in [1.29, 1.82) is 0 Å². The zero-order valence-electron chi connectivity index (χ0n) is 15.0. The van der Waals surface area contributed by atoms with Crippen LogP contribution in [0.15, 0.2) is 54.2 Å². The topological polar surface area (TPSA) is 32.3 Å². The molecule has 1 aliphatic rings. The Morgan fingerprint density at radius 2 is 1.96 bits per heavy atom. The normalized spacial score (nSPS) is 20.2. The minimum atomic E-state index is -0.880. The van der Waals surface area contributed by atoms with E-state index in [1.807, 2.05) is 30.5 Å². The lowest BCUT2D eigenvalue weighted by Crippen LogP contribution is -2.52. The van der Waals surface area contributed by atoms with Crippen LogP contribution in [0.25, 0.3) is 21.2 Å². The quantitative estimate of drug-likeness (QED) is 0.675. The zero-order chi connectivity index (χ0) is 19.3. The summed E-state index contributed by atoms with van der Waals surface area (Å²) in [6.45, 7) is 5.88. The SMILES string of the molecule is C=C1N[C@](C)(c2cc(-c3ccc(F)c(F)c3)c3sccc3c2)CC(=O)N1C. The minimum absolute atomic E-state index is 0.0268. The van der Waals surface area contributed by atoms with Crippen molar-refractivity contribution in [3.05, 3.63) is 71.4 Å². The van der Waals surface area contributed by atoms with E-state index in [4.69, 9.17) is 0 Å². The average molecular weight is 384 g/mol. The van der Waals surface area contributed by atoms with Gasteiger partial charge in [-0.25, -0.2) is 8.78 Å². The van der Waals surface area contributed by atoms with Crippen LogP contribution in [0.1, 0.15) is 18.9 Å². The fourth-order valence-electron chi connectivity index (χ4n) is 3.47. The molecule has 1 saturated heterocycles. The molecule has 0 radical (unpaired) electrons. The highest BCUT2D eigenvalue weighted by atomic mass is 32.1. The summed E-state index contributed by atoms with van der Waals surface area (Å²) < 4.78 is 28.2. The lowest BCUT2D eigenvalue weighted by molar-refractivity contribution is -0.132. The van der Waals surface area contributed by atoms with E-state index >= 15 is 0 Å². The highest BCUT2D eigenvalue weighted by Crippen LogP contribution is 2.39. The van der Waals surface area contributed by atoms with Gasteiger partial charge in [0.15, 0.2) is 11.6 Å². The Morgan fingerprint density at radius 3 is 2.67 bits per heavy atom. The molecule has 1 aliphatic heterocycles. The van der Waals surface area contributed by atoms with Gasteiger partial charge in [-0.2, -0.15) is 0 Å². The molecule has 138 valence electrons. The fraction of sp³-hybridized carbons (Fsp3) is 0.190. The van der Waals surface area contributed by atoms with Gasteiger partial charge < -0.3 is 10.2 Å². The number of thiophene rings is 1.